The standard InChI is InChI=1S/C13H10N2O2/c1-17-13(16)8-5-11-3-6-12(7-4-11)15-10-2-9-14-15/h2-4,6-7,9-10H,1H3. The van der Waals surface area contributed by atoms with Crippen molar-refractivity contribution < 1.29 is 9.53 Å². The summed E-state index contributed by atoms with van der Waals surface area (Å²) in [5.41, 5.74) is 1.70. The van der Waals surface area contributed by atoms with E-state index in [0.717, 1.165) is 11.3 Å². The minimum Gasteiger partial charge on any atom is -0.459 e. The quantitative estimate of drug-likeness (QED) is 0.545. The minimum atomic E-state index is -0.541. The fourth-order valence-corrected chi connectivity index (χ4v) is 1.29. The normalized spacial score (nSPS) is 9.24. The van der Waals surface area contributed by atoms with E-state index in [4.69, 9.17) is 0 Å². The van der Waals surface area contributed by atoms with E-state index >= 15 is 0 Å². The molecule has 0 radical (unpaired) electrons. The van der Waals surface area contributed by atoms with Crippen LogP contribution in [-0.4, -0.2) is 22.9 Å². The maximum atomic E-state index is 10.8. The van der Waals surface area contributed by atoms with Gasteiger partial charge < -0.3 is 4.74 Å². The number of rotatable bonds is 1. The van der Waals surface area contributed by atoms with Gasteiger partial charge in [0.2, 0.25) is 0 Å². The molecule has 1 aromatic heterocycles. The lowest BCUT2D eigenvalue weighted by Crippen LogP contribution is -1.95. The summed E-state index contributed by atoms with van der Waals surface area (Å²) in [6, 6.07) is 9.27. The first-order chi connectivity index (χ1) is 8.29. The Morgan fingerprint density at radius 1 is 1.35 bits per heavy atom. The van der Waals surface area contributed by atoms with Crippen molar-refractivity contribution in [3.63, 3.8) is 0 Å². The molecule has 0 saturated carbocycles. The highest BCUT2D eigenvalue weighted by Crippen LogP contribution is 2.07. The Labute approximate surface area is 98.8 Å². The molecule has 84 valence electrons. The van der Waals surface area contributed by atoms with Crippen LogP contribution >= 0.6 is 0 Å². The fraction of sp³-hybridized carbons (Fsp3) is 0.0769. The smallest absolute Gasteiger partial charge is 0.384 e. The van der Waals surface area contributed by atoms with E-state index in [1.54, 1.807) is 10.9 Å². The summed E-state index contributed by atoms with van der Waals surface area (Å²) in [6.07, 6.45) is 3.57. The van der Waals surface area contributed by atoms with Gasteiger partial charge in [0.1, 0.15) is 0 Å². The van der Waals surface area contributed by atoms with Crippen molar-refractivity contribution in [1.82, 2.24) is 9.78 Å². The summed E-state index contributed by atoms with van der Waals surface area (Å²) in [6.45, 7) is 0. The van der Waals surface area contributed by atoms with Crippen LogP contribution in [0.4, 0.5) is 0 Å². The number of nitrogens with zero attached hydrogens (tertiary/aromatic N) is 2. The van der Waals surface area contributed by atoms with Gasteiger partial charge in [0.05, 0.1) is 12.8 Å². The van der Waals surface area contributed by atoms with Gasteiger partial charge in [-0.15, -0.1) is 0 Å². The molecule has 0 amide bonds. The van der Waals surface area contributed by atoms with Gasteiger partial charge in [0, 0.05) is 23.9 Å². The Hall–Kier alpha value is -2.54. The Balaban J connectivity index is 2.18. The van der Waals surface area contributed by atoms with Crippen LogP contribution in [0.1, 0.15) is 5.56 Å². The third kappa shape index (κ3) is 2.73. The summed E-state index contributed by atoms with van der Waals surface area (Å²) in [5.74, 6) is 4.54. The van der Waals surface area contributed by atoms with Crippen LogP contribution in [0.15, 0.2) is 42.7 Å². The zero-order chi connectivity index (χ0) is 12.1. The molecule has 1 aromatic carbocycles. The number of benzene rings is 1. The summed E-state index contributed by atoms with van der Waals surface area (Å²) in [7, 11) is 1.30. The van der Waals surface area contributed by atoms with Gasteiger partial charge in [-0.3, -0.25) is 0 Å². The molecule has 4 heteroatoms. The number of hydrogen-bond donors (Lipinski definition) is 0. The van der Waals surface area contributed by atoms with Crippen molar-refractivity contribution in [1.29, 1.82) is 0 Å². The summed E-state index contributed by atoms with van der Waals surface area (Å²) < 4.78 is 6.18. The van der Waals surface area contributed by atoms with Gasteiger partial charge in [-0.05, 0) is 30.3 Å². The topological polar surface area (TPSA) is 44.1 Å². The van der Waals surface area contributed by atoms with Crippen LogP contribution < -0.4 is 0 Å². The first kappa shape index (κ1) is 11.0. The van der Waals surface area contributed by atoms with Crippen LogP contribution in [0, 0.1) is 11.8 Å². The molecule has 4 nitrogen and oxygen atoms in total. The van der Waals surface area contributed by atoms with Crippen molar-refractivity contribution >= 4 is 5.97 Å². The van der Waals surface area contributed by atoms with Crippen molar-refractivity contribution in [2.24, 2.45) is 0 Å². The SMILES string of the molecule is COC(=O)C#Cc1ccc(-n2cccn2)cc1. The maximum Gasteiger partial charge on any atom is 0.384 e. The van der Waals surface area contributed by atoms with E-state index in [0.29, 0.717) is 0 Å². The Bertz CT molecular complexity index is 560. The lowest BCUT2D eigenvalue weighted by molar-refractivity contribution is -0.133. The molecule has 0 atom stereocenters. The van der Waals surface area contributed by atoms with Crippen LogP contribution in [0.5, 0.6) is 0 Å². The number of methoxy groups -OCH3 is 1. The van der Waals surface area contributed by atoms with E-state index in [-0.39, 0.29) is 0 Å². The van der Waals surface area contributed by atoms with E-state index in [9.17, 15) is 4.79 Å². The molecular formula is C13H10N2O2. The van der Waals surface area contributed by atoms with E-state index < -0.39 is 5.97 Å². The van der Waals surface area contributed by atoms with Crippen molar-refractivity contribution in [3.8, 4) is 17.5 Å². The van der Waals surface area contributed by atoms with E-state index in [1.807, 2.05) is 36.5 Å². The molecule has 0 aliphatic rings. The molecular weight excluding hydrogens is 216 g/mol. The first-order valence-corrected chi connectivity index (χ1v) is 4.99. The predicted octanol–water partition coefficient (Wildman–Crippen LogP) is 1.40. The second-order valence-electron chi connectivity index (χ2n) is 3.24. The van der Waals surface area contributed by atoms with Gasteiger partial charge in [-0.2, -0.15) is 5.10 Å². The number of carbonyl (C=O) groups excluding carboxylic acids is 1. The summed E-state index contributed by atoms with van der Waals surface area (Å²) in [5, 5.41) is 4.11. The molecule has 0 fully saturated rings. The molecule has 0 aliphatic carbocycles. The minimum absolute atomic E-state index is 0.541. The molecule has 2 rings (SSSR count). The van der Waals surface area contributed by atoms with Gasteiger partial charge in [0.15, 0.2) is 0 Å². The van der Waals surface area contributed by atoms with Crippen LogP contribution in [0.25, 0.3) is 5.69 Å². The lowest BCUT2D eigenvalue weighted by Gasteiger charge is -2.00. The Kier molecular flexibility index (Phi) is 3.22. The van der Waals surface area contributed by atoms with E-state index in [2.05, 4.69) is 21.7 Å². The molecule has 0 unspecified atom stereocenters. The van der Waals surface area contributed by atoms with Crippen LogP contribution in [0.2, 0.25) is 0 Å². The molecule has 1 heterocycles. The van der Waals surface area contributed by atoms with Crippen LogP contribution in [-0.2, 0) is 9.53 Å². The second-order valence-corrected chi connectivity index (χ2v) is 3.24. The predicted molar refractivity (Wildman–Crippen MR) is 62.5 cm³/mol. The maximum absolute atomic E-state index is 10.8. The second kappa shape index (κ2) is 4.99. The Morgan fingerprint density at radius 3 is 2.71 bits per heavy atom. The molecule has 0 spiro atoms. The Morgan fingerprint density at radius 2 is 2.12 bits per heavy atom. The van der Waals surface area contributed by atoms with Gasteiger partial charge in [-0.1, -0.05) is 5.92 Å². The highest BCUT2D eigenvalue weighted by atomic mass is 16.5. The van der Waals surface area contributed by atoms with Gasteiger partial charge in [0.25, 0.3) is 0 Å². The number of aromatic nitrogens is 2. The molecule has 2 aromatic rings. The molecule has 0 saturated heterocycles. The molecule has 17 heavy (non-hydrogen) atoms. The van der Waals surface area contributed by atoms with Crippen LogP contribution in [0.3, 0.4) is 0 Å². The third-order valence-corrected chi connectivity index (χ3v) is 2.13. The summed E-state index contributed by atoms with van der Waals surface area (Å²) in [4.78, 5) is 10.8. The number of ether oxygens (including phenoxy) is 1. The van der Waals surface area contributed by atoms with Crippen molar-refractivity contribution in [2.75, 3.05) is 7.11 Å². The lowest BCUT2D eigenvalue weighted by atomic mass is 10.2. The van der Waals surface area contributed by atoms with Gasteiger partial charge in [-0.25, -0.2) is 9.48 Å². The zero-order valence-corrected chi connectivity index (χ0v) is 9.25. The first-order valence-electron chi connectivity index (χ1n) is 4.99. The molecule has 0 bridgehead atoms. The summed E-state index contributed by atoms with van der Waals surface area (Å²) >= 11 is 0. The monoisotopic (exact) mass is 226 g/mol. The highest BCUT2D eigenvalue weighted by Gasteiger charge is 1.95. The van der Waals surface area contributed by atoms with Gasteiger partial charge >= 0.3 is 5.97 Å². The fourth-order valence-electron chi connectivity index (χ4n) is 1.29. The number of esters is 1. The van der Waals surface area contributed by atoms with E-state index in [1.165, 1.54) is 7.11 Å². The third-order valence-electron chi connectivity index (χ3n) is 2.13. The van der Waals surface area contributed by atoms with Crippen molar-refractivity contribution in [3.05, 3.63) is 48.3 Å². The molecule has 0 N–H and O–H groups in total. The average molecular weight is 226 g/mol. The average Bonchev–Trinajstić information content (AvgIpc) is 2.90. The van der Waals surface area contributed by atoms with Crippen molar-refractivity contribution in [2.45, 2.75) is 0 Å². The largest absolute Gasteiger partial charge is 0.459 e. The molecule has 0 aliphatic heterocycles. The number of hydrogen-bond acceptors (Lipinski definition) is 3. The zero-order valence-electron chi connectivity index (χ0n) is 9.25. The number of carbonyl (C=O) groups is 1. The highest BCUT2D eigenvalue weighted by molar-refractivity contribution is 5.89.